The molecule has 6 nitrogen and oxygen atoms in total. The van der Waals surface area contributed by atoms with Crippen LogP contribution in [0.3, 0.4) is 0 Å². The SMILES string of the molecule is CCCCCCCCCCCCCCCCCCCCC/C=C/C(O)C(CO)NC(=O)CCCCCCCCCCCCCCCC/C=C\C/C=C\CCOC(=O)CCCCCCCCCCCCCCCC. The van der Waals surface area contributed by atoms with E-state index < -0.39 is 12.1 Å². The normalized spacial score (nSPS) is 12.8. The van der Waals surface area contributed by atoms with Crippen LogP contribution < -0.4 is 5.32 Å². The van der Waals surface area contributed by atoms with Crippen molar-refractivity contribution in [3.63, 3.8) is 0 Å². The summed E-state index contributed by atoms with van der Waals surface area (Å²) in [4.78, 5) is 24.5. The Morgan fingerprint density at radius 3 is 1.04 bits per heavy atom. The molecule has 0 aliphatic heterocycles. The Bertz CT molecular complexity index is 1180. The molecule has 0 bridgehead atoms. The maximum absolute atomic E-state index is 12.5. The van der Waals surface area contributed by atoms with Crippen LogP contribution in [0.4, 0.5) is 0 Å². The lowest BCUT2D eigenvalue weighted by Gasteiger charge is -2.20. The summed E-state index contributed by atoms with van der Waals surface area (Å²) < 4.78 is 5.42. The van der Waals surface area contributed by atoms with Crippen molar-refractivity contribution in [3.8, 4) is 0 Å². The third-order valence-electron chi connectivity index (χ3n) is 15.2. The number of aliphatic hydroxyl groups is 2. The number of carbonyl (C=O) groups excluding carboxylic acids is 2. The third kappa shape index (κ3) is 59.2. The lowest BCUT2D eigenvalue weighted by atomic mass is 10.0. The van der Waals surface area contributed by atoms with Gasteiger partial charge in [0.05, 0.1) is 25.4 Å². The highest BCUT2D eigenvalue weighted by atomic mass is 16.5. The van der Waals surface area contributed by atoms with Crippen molar-refractivity contribution in [2.45, 2.75) is 366 Å². The second-order valence-corrected chi connectivity index (χ2v) is 22.5. The summed E-state index contributed by atoms with van der Waals surface area (Å²) in [6.45, 7) is 4.82. The summed E-state index contributed by atoms with van der Waals surface area (Å²) in [5.74, 6) is -0.103. The monoisotopic (exact) mass is 1030 g/mol. The van der Waals surface area contributed by atoms with Crippen molar-refractivity contribution in [2.24, 2.45) is 0 Å². The summed E-state index contributed by atoms with van der Waals surface area (Å²) in [6.07, 6.45) is 79.2. The quantitative estimate of drug-likeness (QED) is 0.0320. The molecule has 0 rings (SSSR count). The van der Waals surface area contributed by atoms with Gasteiger partial charge < -0.3 is 20.3 Å². The molecule has 2 atom stereocenters. The third-order valence-corrected chi connectivity index (χ3v) is 15.2. The van der Waals surface area contributed by atoms with Gasteiger partial charge in [0.25, 0.3) is 0 Å². The van der Waals surface area contributed by atoms with E-state index in [1.807, 2.05) is 6.08 Å². The Labute approximate surface area is 455 Å². The number of rotatable bonds is 61. The summed E-state index contributed by atoms with van der Waals surface area (Å²) >= 11 is 0. The molecule has 0 aliphatic carbocycles. The number of hydrogen-bond donors (Lipinski definition) is 3. The largest absolute Gasteiger partial charge is 0.465 e. The number of ether oxygens (including phenoxy) is 1. The molecule has 430 valence electrons. The molecule has 73 heavy (non-hydrogen) atoms. The number of allylic oxidation sites excluding steroid dienone is 4. The zero-order valence-corrected chi connectivity index (χ0v) is 49.1. The van der Waals surface area contributed by atoms with Gasteiger partial charge in [0.1, 0.15) is 0 Å². The Balaban J connectivity index is 3.47. The molecule has 6 heteroatoms. The Kier molecular flexibility index (Phi) is 61.0. The predicted octanol–water partition coefficient (Wildman–Crippen LogP) is 20.8. The van der Waals surface area contributed by atoms with Gasteiger partial charge in [0.15, 0.2) is 0 Å². The predicted molar refractivity (Wildman–Crippen MR) is 319 cm³/mol. The number of amides is 1. The van der Waals surface area contributed by atoms with Crippen LogP contribution in [-0.4, -0.2) is 47.4 Å². The van der Waals surface area contributed by atoms with Crippen LogP contribution in [0.5, 0.6) is 0 Å². The number of hydrogen-bond acceptors (Lipinski definition) is 5. The second kappa shape index (κ2) is 62.6. The Morgan fingerprint density at radius 1 is 0.384 bits per heavy atom. The van der Waals surface area contributed by atoms with E-state index in [-0.39, 0.29) is 18.5 Å². The van der Waals surface area contributed by atoms with Gasteiger partial charge in [-0.2, -0.15) is 0 Å². The topological polar surface area (TPSA) is 95.9 Å². The van der Waals surface area contributed by atoms with Crippen LogP contribution in [0.25, 0.3) is 0 Å². The molecule has 0 radical (unpaired) electrons. The molecule has 0 aromatic rings. The van der Waals surface area contributed by atoms with E-state index in [9.17, 15) is 19.8 Å². The number of esters is 1. The number of nitrogens with one attached hydrogen (secondary N) is 1. The first kappa shape index (κ1) is 71.1. The van der Waals surface area contributed by atoms with Crippen molar-refractivity contribution in [1.82, 2.24) is 5.32 Å². The van der Waals surface area contributed by atoms with Gasteiger partial charge in [-0.05, 0) is 51.4 Å². The van der Waals surface area contributed by atoms with Crippen LogP contribution >= 0.6 is 0 Å². The average molecular weight is 1030 g/mol. The summed E-state index contributed by atoms with van der Waals surface area (Å²) in [7, 11) is 0. The van der Waals surface area contributed by atoms with E-state index in [1.54, 1.807) is 6.08 Å². The van der Waals surface area contributed by atoms with Gasteiger partial charge in [0.2, 0.25) is 5.91 Å². The van der Waals surface area contributed by atoms with Gasteiger partial charge >= 0.3 is 5.97 Å². The van der Waals surface area contributed by atoms with Crippen molar-refractivity contribution in [2.75, 3.05) is 13.2 Å². The van der Waals surface area contributed by atoms with Crippen LogP contribution in [0.2, 0.25) is 0 Å². The van der Waals surface area contributed by atoms with Crippen molar-refractivity contribution in [3.05, 3.63) is 36.5 Å². The molecule has 0 heterocycles. The smallest absolute Gasteiger partial charge is 0.305 e. The first-order chi connectivity index (χ1) is 36.0. The van der Waals surface area contributed by atoms with Gasteiger partial charge in [-0.1, -0.05) is 326 Å². The highest BCUT2D eigenvalue weighted by molar-refractivity contribution is 5.76. The fourth-order valence-corrected chi connectivity index (χ4v) is 10.2. The number of unbranched alkanes of at least 4 members (excludes halogenated alkanes) is 46. The first-order valence-electron chi connectivity index (χ1n) is 32.8. The summed E-state index contributed by atoms with van der Waals surface area (Å²) in [5, 5.41) is 23.2. The molecule has 0 fully saturated rings. The second-order valence-electron chi connectivity index (χ2n) is 22.5. The molecule has 0 aliphatic rings. The van der Waals surface area contributed by atoms with E-state index in [4.69, 9.17) is 4.74 Å². The van der Waals surface area contributed by atoms with E-state index in [1.165, 1.54) is 276 Å². The fourth-order valence-electron chi connectivity index (χ4n) is 10.2. The molecule has 0 saturated heterocycles. The van der Waals surface area contributed by atoms with Crippen LogP contribution in [0, 0.1) is 0 Å². The average Bonchev–Trinajstić information content (AvgIpc) is 3.39. The lowest BCUT2D eigenvalue weighted by Crippen LogP contribution is -2.45. The van der Waals surface area contributed by atoms with Gasteiger partial charge in [0, 0.05) is 12.8 Å². The van der Waals surface area contributed by atoms with Crippen LogP contribution in [-0.2, 0) is 14.3 Å². The zero-order valence-electron chi connectivity index (χ0n) is 49.1. The molecule has 0 saturated carbocycles. The van der Waals surface area contributed by atoms with Gasteiger partial charge in [-0.3, -0.25) is 9.59 Å². The van der Waals surface area contributed by atoms with Crippen LogP contribution in [0.1, 0.15) is 354 Å². The molecule has 3 N–H and O–H groups in total. The molecule has 0 aromatic carbocycles. The fraction of sp³-hybridized carbons (Fsp3) is 0.881. The number of aliphatic hydroxyl groups excluding tert-OH is 2. The lowest BCUT2D eigenvalue weighted by molar-refractivity contribution is -0.143. The Hall–Kier alpha value is -1.92. The van der Waals surface area contributed by atoms with E-state index in [0.29, 0.717) is 19.4 Å². The minimum atomic E-state index is -0.849. The van der Waals surface area contributed by atoms with E-state index >= 15 is 0 Å². The maximum Gasteiger partial charge on any atom is 0.305 e. The van der Waals surface area contributed by atoms with E-state index in [2.05, 4.69) is 43.5 Å². The van der Waals surface area contributed by atoms with E-state index in [0.717, 1.165) is 51.4 Å². The Morgan fingerprint density at radius 2 is 0.685 bits per heavy atom. The minimum absolute atomic E-state index is 0.0332. The molecule has 1 amide bonds. The van der Waals surface area contributed by atoms with Crippen molar-refractivity contribution < 1.29 is 24.5 Å². The molecular weight excluding hydrogens is 899 g/mol. The maximum atomic E-state index is 12.5. The highest BCUT2D eigenvalue weighted by Crippen LogP contribution is 2.18. The molecular formula is C67H127NO5. The van der Waals surface area contributed by atoms with Gasteiger partial charge in [-0.15, -0.1) is 0 Å². The van der Waals surface area contributed by atoms with Crippen LogP contribution in [0.15, 0.2) is 36.5 Å². The standard InChI is InChI=1S/C67H127NO5/c1-3-5-7-9-11-13-15-17-19-20-21-23-26-29-32-35-39-43-47-51-55-59-65(70)64(63-69)68-66(71)60-56-52-48-44-40-36-33-30-27-24-22-25-28-31-34-38-42-46-50-54-58-62-73-67(72)61-57-53-49-45-41-37-18-16-14-12-10-8-6-4-2/h38,42,50,54-55,59,64-65,69-70H,3-37,39-41,43-49,51-53,56-58,60-63H2,1-2H3,(H,68,71)/b42-38-,54-50-,59-55+. The summed E-state index contributed by atoms with van der Waals surface area (Å²) in [5.41, 5.74) is 0. The minimum Gasteiger partial charge on any atom is -0.465 e. The highest BCUT2D eigenvalue weighted by Gasteiger charge is 2.18. The molecule has 0 aromatic heterocycles. The van der Waals surface area contributed by atoms with Crippen molar-refractivity contribution in [1.29, 1.82) is 0 Å². The zero-order chi connectivity index (χ0) is 52.9. The molecule has 0 spiro atoms. The first-order valence-corrected chi connectivity index (χ1v) is 32.8. The van der Waals surface area contributed by atoms with Gasteiger partial charge in [-0.25, -0.2) is 0 Å². The molecule has 2 unspecified atom stereocenters. The summed E-state index contributed by atoms with van der Waals surface area (Å²) in [6, 6.07) is -0.633. The number of carbonyl (C=O) groups is 2. The van der Waals surface area contributed by atoms with Crippen molar-refractivity contribution >= 4 is 11.9 Å².